The predicted molar refractivity (Wildman–Crippen MR) is 121 cm³/mol. The Labute approximate surface area is 183 Å². The molecule has 7 nitrogen and oxygen atoms in total. The third-order valence-corrected chi connectivity index (χ3v) is 8.12. The molecule has 0 amide bonds. The molecule has 1 aromatic carbocycles. The lowest BCUT2D eigenvalue weighted by Gasteiger charge is -2.19. The minimum atomic E-state index is -3.75. The molecule has 4 heterocycles. The van der Waals surface area contributed by atoms with Crippen LogP contribution in [0.4, 0.5) is 5.69 Å². The first-order valence-electron chi connectivity index (χ1n) is 10.9. The number of nitrogens with zero attached hydrogens (tertiary/aromatic N) is 3. The lowest BCUT2D eigenvalue weighted by molar-refractivity contribution is 0.121. The van der Waals surface area contributed by atoms with Gasteiger partial charge in [0.2, 0.25) is 0 Å². The van der Waals surface area contributed by atoms with Crippen LogP contribution >= 0.6 is 0 Å². The number of nitrogens with one attached hydrogen (secondary N) is 1. The molecule has 0 aliphatic carbocycles. The molecule has 0 radical (unpaired) electrons. The molecule has 164 valence electrons. The van der Waals surface area contributed by atoms with Crippen molar-refractivity contribution in [2.45, 2.75) is 42.7 Å². The second-order valence-electron chi connectivity index (χ2n) is 8.41. The Morgan fingerprint density at radius 2 is 2.13 bits per heavy atom. The molecule has 0 saturated carbocycles. The molecule has 3 aromatic rings. The Morgan fingerprint density at radius 1 is 1.23 bits per heavy atom. The highest BCUT2D eigenvalue weighted by atomic mass is 32.2. The third-order valence-electron chi connectivity index (χ3n) is 6.45. The van der Waals surface area contributed by atoms with Gasteiger partial charge in [-0.2, -0.15) is 0 Å². The van der Waals surface area contributed by atoms with Crippen LogP contribution in [0, 0.1) is 0 Å². The fourth-order valence-electron chi connectivity index (χ4n) is 4.75. The number of aromatic nitrogens is 2. The summed E-state index contributed by atoms with van der Waals surface area (Å²) in [5.41, 5.74) is 3.27. The van der Waals surface area contributed by atoms with Gasteiger partial charge in [0.15, 0.2) is 0 Å². The van der Waals surface area contributed by atoms with Crippen LogP contribution in [0.1, 0.15) is 24.8 Å². The molecule has 0 bridgehead atoms. The second kappa shape index (κ2) is 8.26. The molecule has 2 atom stereocenters. The molecule has 5 rings (SSSR count). The van der Waals surface area contributed by atoms with Crippen LogP contribution in [-0.4, -0.2) is 56.3 Å². The average molecular weight is 441 g/mol. The Bertz CT molecular complexity index is 1180. The maximum atomic E-state index is 13.7. The first-order valence-corrected chi connectivity index (χ1v) is 12.3. The molecular weight excluding hydrogens is 412 g/mol. The van der Waals surface area contributed by atoms with E-state index in [1.54, 1.807) is 37.7 Å². The summed E-state index contributed by atoms with van der Waals surface area (Å²) in [7, 11) is -2.03. The van der Waals surface area contributed by atoms with E-state index in [1.807, 2.05) is 18.2 Å². The topological polar surface area (TPSA) is 76.5 Å². The number of fused-ring (bicyclic) bond motifs is 1. The van der Waals surface area contributed by atoms with E-state index in [0.29, 0.717) is 11.6 Å². The third kappa shape index (κ3) is 3.84. The van der Waals surface area contributed by atoms with Crippen molar-refractivity contribution in [1.82, 2.24) is 14.3 Å². The zero-order valence-corrected chi connectivity index (χ0v) is 18.5. The quantitative estimate of drug-likeness (QED) is 0.635. The number of benzene rings is 1. The van der Waals surface area contributed by atoms with E-state index in [2.05, 4.69) is 15.2 Å². The molecule has 2 saturated heterocycles. The van der Waals surface area contributed by atoms with Gasteiger partial charge in [-0.3, -0.25) is 4.98 Å². The van der Waals surface area contributed by atoms with E-state index in [-0.39, 0.29) is 11.0 Å². The SMILES string of the molecule is CO[C@H]1CCN(c2cccc(S(=O)(=O)n3cc(C[C@@H]4CCCN4)c4ncccc43)c2)C1. The van der Waals surface area contributed by atoms with E-state index in [1.165, 1.54) is 3.97 Å². The van der Waals surface area contributed by atoms with Crippen LogP contribution < -0.4 is 10.2 Å². The van der Waals surface area contributed by atoms with Crippen molar-refractivity contribution in [1.29, 1.82) is 0 Å². The van der Waals surface area contributed by atoms with Crippen molar-refractivity contribution in [3.8, 4) is 0 Å². The van der Waals surface area contributed by atoms with Crippen molar-refractivity contribution in [3.05, 3.63) is 54.4 Å². The molecule has 2 aliphatic heterocycles. The van der Waals surface area contributed by atoms with Crippen LogP contribution in [0.2, 0.25) is 0 Å². The van der Waals surface area contributed by atoms with Crippen molar-refractivity contribution >= 4 is 26.7 Å². The molecule has 0 unspecified atom stereocenters. The number of rotatable bonds is 6. The first kappa shape index (κ1) is 20.5. The van der Waals surface area contributed by atoms with Crippen LogP contribution in [-0.2, 0) is 21.2 Å². The highest BCUT2D eigenvalue weighted by Crippen LogP contribution is 2.29. The summed E-state index contributed by atoms with van der Waals surface area (Å²) in [4.78, 5) is 6.98. The minimum Gasteiger partial charge on any atom is -0.380 e. The van der Waals surface area contributed by atoms with Gasteiger partial charge in [-0.05, 0) is 68.1 Å². The standard InChI is InChI=1S/C23H28N4O3S/c1-30-20-9-12-26(16-20)19-6-2-7-21(14-19)31(28,29)27-15-17(13-18-5-3-10-24-18)23-22(27)8-4-11-25-23/h2,4,6-8,11,14-15,18,20,24H,3,5,9-10,12-13,16H2,1H3/t18-,20-/m0/s1. The van der Waals surface area contributed by atoms with E-state index in [4.69, 9.17) is 4.74 Å². The molecule has 1 N–H and O–H groups in total. The zero-order chi connectivity index (χ0) is 21.4. The summed E-state index contributed by atoms with van der Waals surface area (Å²) in [6.07, 6.45) is 7.66. The molecule has 2 aromatic heterocycles. The smallest absolute Gasteiger partial charge is 0.268 e. The second-order valence-corrected chi connectivity index (χ2v) is 10.2. The zero-order valence-electron chi connectivity index (χ0n) is 17.7. The van der Waals surface area contributed by atoms with Crippen LogP contribution in [0.5, 0.6) is 0 Å². The minimum absolute atomic E-state index is 0.187. The van der Waals surface area contributed by atoms with Gasteiger partial charge in [-0.1, -0.05) is 6.07 Å². The fourth-order valence-corrected chi connectivity index (χ4v) is 6.17. The van der Waals surface area contributed by atoms with Crippen molar-refractivity contribution < 1.29 is 13.2 Å². The molecule has 31 heavy (non-hydrogen) atoms. The summed E-state index contributed by atoms with van der Waals surface area (Å²) in [6.45, 7) is 2.65. The Balaban J connectivity index is 1.52. The van der Waals surface area contributed by atoms with Gasteiger partial charge in [-0.15, -0.1) is 0 Å². The van der Waals surface area contributed by atoms with Crippen LogP contribution in [0.25, 0.3) is 11.0 Å². The Kier molecular flexibility index (Phi) is 5.45. The Morgan fingerprint density at radius 3 is 2.90 bits per heavy atom. The molecule has 8 heteroatoms. The van der Waals surface area contributed by atoms with E-state index in [9.17, 15) is 8.42 Å². The number of hydrogen-bond acceptors (Lipinski definition) is 6. The van der Waals surface area contributed by atoms with Gasteiger partial charge in [0.1, 0.15) is 0 Å². The number of anilines is 1. The lowest BCUT2D eigenvalue weighted by atomic mass is 10.1. The van der Waals surface area contributed by atoms with E-state index in [0.717, 1.165) is 62.1 Å². The maximum Gasteiger partial charge on any atom is 0.268 e. The first-order chi connectivity index (χ1) is 15.1. The number of ether oxygens (including phenoxy) is 1. The molecule has 2 fully saturated rings. The molecule has 0 spiro atoms. The van der Waals surface area contributed by atoms with Crippen molar-refractivity contribution in [2.75, 3.05) is 31.6 Å². The van der Waals surface area contributed by atoms with Crippen molar-refractivity contribution in [3.63, 3.8) is 0 Å². The monoisotopic (exact) mass is 440 g/mol. The largest absolute Gasteiger partial charge is 0.380 e. The van der Waals surface area contributed by atoms with Gasteiger partial charge in [0.05, 0.1) is 22.0 Å². The van der Waals surface area contributed by atoms with Crippen molar-refractivity contribution in [2.24, 2.45) is 0 Å². The summed E-state index contributed by atoms with van der Waals surface area (Å²) >= 11 is 0. The summed E-state index contributed by atoms with van der Waals surface area (Å²) < 4.78 is 34.2. The average Bonchev–Trinajstić information content (AvgIpc) is 3.55. The summed E-state index contributed by atoms with van der Waals surface area (Å²) in [5.74, 6) is 0. The lowest BCUT2D eigenvalue weighted by Crippen LogP contribution is -2.23. The highest BCUT2D eigenvalue weighted by molar-refractivity contribution is 7.90. The van der Waals surface area contributed by atoms with E-state index >= 15 is 0 Å². The van der Waals surface area contributed by atoms with Crippen LogP contribution in [0.15, 0.2) is 53.7 Å². The summed E-state index contributed by atoms with van der Waals surface area (Å²) in [6, 6.07) is 11.2. The summed E-state index contributed by atoms with van der Waals surface area (Å²) in [5, 5.41) is 3.49. The normalized spacial score (nSPS) is 21.9. The highest BCUT2D eigenvalue weighted by Gasteiger charge is 2.26. The van der Waals surface area contributed by atoms with Gasteiger partial charge >= 0.3 is 0 Å². The van der Waals surface area contributed by atoms with Gasteiger partial charge in [-0.25, -0.2) is 12.4 Å². The molecule has 2 aliphatic rings. The van der Waals surface area contributed by atoms with Gasteiger partial charge < -0.3 is 15.0 Å². The number of hydrogen-bond donors (Lipinski definition) is 1. The van der Waals surface area contributed by atoms with E-state index < -0.39 is 10.0 Å². The van der Waals surface area contributed by atoms with Gasteiger partial charge in [0, 0.05) is 44.3 Å². The number of pyridine rings is 1. The predicted octanol–water partition coefficient (Wildman–Crippen LogP) is 2.79. The van der Waals surface area contributed by atoms with Gasteiger partial charge in [0.25, 0.3) is 10.0 Å². The van der Waals surface area contributed by atoms with Crippen LogP contribution in [0.3, 0.4) is 0 Å². The number of methoxy groups -OCH3 is 1. The fraction of sp³-hybridized carbons (Fsp3) is 0.435. The molecular formula is C23H28N4O3S. The maximum absolute atomic E-state index is 13.7. The Hall–Kier alpha value is -2.42.